The van der Waals surface area contributed by atoms with Gasteiger partial charge in [0.25, 0.3) is 0 Å². The lowest BCUT2D eigenvalue weighted by molar-refractivity contribution is -0.162. The first-order chi connectivity index (χ1) is 21.2. The molecule has 0 saturated heterocycles. The summed E-state index contributed by atoms with van der Waals surface area (Å²) in [5.41, 5.74) is 1.98. The third-order valence-corrected chi connectivity index (χ3v) is 9.49. The van der Waals surface area contributed by atoms with E-state index in [9.17, 15) is 9.59 Å². The van der Waals surface area contributed by atoms with Crippen LogP contribution < -0.4 is 0 Å². The van der Waals surface area contributed by atoms with Crippen molar-refractivity contribution in [2.75, 3.05) is 0 Å². The Labute approximate surface area is 249 Å². The molecule has 6 aromatic carbocycles. The Kier molecular flexibility index (Phi) is 6.22. The van der Waals surface area contributed by atoms with E-state index in [2.05, 4.69) is 72.8 Å². The average molecular weight is 563 g/mol. The second kappa shape index (κ2) is 10.4. The molecule has 0 heterocycles. The quantitative estimate of drug-likeness (QED) is 0.116. The molecule has 0 amide bonds. The minimum Gasteiger partial charge on any atom is -0.461 e. The van der Waals surface area contributed by atoms with Gasteiger partial charge in [-0.3, -0.25) is 9.59 Å². The van der Waals surface area contributed by atoms with Gasteiger partial charge in [0.15, 0.2) is 0 Å². The van der Waals surface area contributed by atoms with Crippen LogP contribution in [0.4, 0.5) is 0 Å². The Bertz CT molecular complexity index is 1830. The van der Waals surface area contributed by atoms with E-state index in [1.54, 1.807) is 0 Å². The van der Waals surface area contributed by atoms with E-state index in [1.165, 1.54) is 0 Å². The number of carbonyl (C=O) groups is 2. The number of ether oxygens (including phenoxy) is 2. The molecular weight excluding hydrogens is 532 g/mol. The Balaban J connectivity index is 1.06. The molecule has 0 aromatic heterocycles. The summed E-state index contributed by atoms with van der Waals surface area (Å²) in [6.07, 6.45) is 4.92. The SMILES string of the molecule is O=C(OCc1c2ccccc2cc2ccccc12)C1C2C=CC(C2)C1C(=O)OCc1c2ccccc2cc2ccccc12. The van der Waals surface area contributed by atoms with E-state index in [4.69, 9.17) is 9.47 Å². The normalized spacial score (nSPS) is 20.7. The molecule has 1 fully saturated rings. The van der Waals surface area contributed by atoms with E-state index in [0.29, 0.717) is 0 Å². The Hall–Kier alpha value is -4.96. The minimum absolute atomic E-state index is 0.0160. The van der Waals surface area contributed by atoms with Gasteiger partial charge in [-0.25, -0.2) is 0 Å². The zero-order chi connectivity index (χ0) is 28.9. The van der Waals surface area contributed by atoms with Gasteiger partial charge >= 0.3 is 11.9 Å². The fraction of sp³-hybridized carbons (Fsp3) is 0.179. The van der Waals surface area contributed by atoms with Crippen LogP contribution >= 0.6 is 0 Å². The lowest BCUT2D eigenvalue weighted by Gasteiger charge is -2.25. The van der Waals surface area contributed by atoms with E-state index in [0.717, 1.165) is 60.6 Å². The third-order valence-electron chi connectivity index (χ3n) is 9.49. The van der Waals surface area contributed by atoms with Crippen LogP contribution in [0.25, 0.3) is 43.1 Å². The number of carbonyl (C=O) groups excluding carboxylic acids is 2. The summed E-state index contributed by atoms with van der Waals surface area (Å²) >= 11 is 0. The third kappa shape index (κ3) is 4.37. The van der Waals surface area contributed by atoms with Crippen molar-refractivity contribution in [3.8, 4) is 0 Å². The van der Waals surface area contributed by atoms with Crippen molar-refractivity contribution in [3.63, 3.8) is 0 Å². The molecule has 4 heteroatoms. The lowest BCUT2D eigenvalue weighted by atomic mass is 9.83. The Morgan fingerprint density at radius 1 is 0.512 bits per heavy atom. The van der Waals surface area contributed by atoms with Gasteiger partial charge in [-0.2, -0.15) is 0 Å². The molecule has 2 aliphatic rings. The summed E-state index contributed by atoms with van der Waals surface area (Å²) in [4.78, 5) is 27.5. The summed E-state index contributed by atoms with van der Waals surface area (Å²) < 4.78 is 12.1. The van der Waals surface area contributed by atoms with E-state index in [1.807, 2.05) is 48.5 Å². The van der Waals surface area contributed by atoms with Gasteiger partial charge in [0.2, 0.25) is 0 Å². The van der Waals surface area contributed by atoms with Crippen molar-refractivity contribution in [1.82, 2.24) is 0 Å². The molecule has 0 radical (unpaired) electrons. The highest BCUT2D eigenvalue weighted by atomic mass is 16.5. The smallest absolute Gasteiger partial charge is 0.310 e. The number of benzene rings is 6. The molecule has 0 N–H and O–H groups in total. The van der Waals surface area contributed by atoms with E-state index >= 15 is 0 Å². The first-order valence-electron chi connectivity index (χ1n) is 15.0. The molecular formula is C39H30O4. The number of esters is 2. The fourth-order valence-corrected chi connectivity index (χ4v) is 7.47. The van der Waals surface area contributed by atoms with Crippen molar-refractivity contribution in [2.24, 2.45) is 23.7 Å². The maximum Gasteiger partial charge on any atom is 0.310 e. The van der Waals surface area contributed by atoms with Crippen LogP contribution in [0, 0.1) is 23.7 Å². The average Bonchev–Trinajstić information content (AvgIpc) is 3.67. The molecule has 2 aliphatic carbocycles. The topological polar surface area (TPSA) is 52.6 Å². The Morgan fingerprint density at radius 2 is 0.837 bits per heavy atom. The van der Waals surface area contributed by atoms with Gasteiger partial charge in [0, 0.05) is 11.1 Å². The summed E-state index contributed by atoms with van der Waals surface area (Å²) in [6, 6.07) is 37.1. The molecule has 2 bridgehead atoms. The number of hydrogen-bond donors (Lipinski definition) is 0. The zero-order valence-electron chi connectivity index (χ0n) is 23.6. The largest absolute Gasteiger partial charge is 0.461 e. The van der Waals surface area contributed by atoms with E-state index < -0.39 is 11.8 Å². The molecule has 0 aliphatic heterocycles. The Morgan fingerprint density at radius 3 is 1.19 bits per heavy atom. The molecule has 0 spiro atoms. The molecule has 4 nitrogen and oxygen atoms in total. The highest BCUT2D eigenvalue weighted by Gasteiger charge is 2.53. The standard InChI is InChI=1S/C39H30O4/c40-38(42-22-34-30-13-5-1-9-24(30)19-25-10-2-6-14-31(25)34)36-28-17-18-29(21-28)37(36)39(41)43-23-35-32-15-7-3-11-26(32)20-27-12-4-8-16-33(27)35/h1-20,28-29,36-37H,21-23H2. The highest BCUT2D eigenvalue weighted by molar-refractivity contribution is 6.03. The monoisotopic (exact) mass is 562 g/mol. The van der Waals surface area contributed by atoms with Crippen molar-refractivity contribution in [2.45, 2.75) is 19.6 Å². The number of rotatable bonds is 6. The van der Waals surface area contributed by atoms with Crippen LogP contribution in [-0.2, 0) is 32.3 Å². The van der Waals surface area contributed by atoms with Gasteiger partial charge in [0.05, 0.1) is 11.8 Å². The van der Waals surface area contributed by atoms with Crippen molar-refractivity contribution in [3.05, 3.63) is 132 Å². The second-order valence-electron chi connectivity index (χ2n) is 11.8. The highest BCUT2D eigenvalue weighted by Crippen LogP contribution is 2.49. The first-order valence-corrected chi connectivity index (χ1v) is 15.0. The van der Waals surface area contributed by atoms with Gasteiger partial charge < -0.3 is 9.47 Å². The van der Waals surface area contributed by atoms with Crippen LogP contribution in [0.15, 0.2) is 121 Å². The minimum atomic E-state index is -0.548. The van der Waals surface area contributed by atoms with Gasteiger partial charge in [0.1, 0.15) is 13.2 Å². The molecule has 1 saturated carbocycles. The molecule has 6 aromatic rings. The van der Waals surface area contributed by atoms with Crippen LogP contribution in [0.5, 0.6) is 0 Å². The molecule has 210 valence electrons. The predicted octanol–water partition coefficient (Wildman–Crippen LogP) is 8.52. The number of hydrogen-bond acceptors (Lipinski definition) is 4. The van der Waals surface area contributed by atoms with Crippen LogP contribution in [-0.4, -0.2) is 11.9 Å². The molecule has 8 rings (SSSR count). The maximum atomic E-state index is 13.8. The lowest BCUT2D eigenvalue weighted by Crippen LogP contribution is -2.35. The second-order valence-corrected chi connectivity index (χ2v) is 11.8. The van der Waals surface area contributed by atoms with Crippen molar-refractivity contribution < 1.29 is 19.1 Å². The van der Waals surface area contributed by atoms with Crippen LogP contribution in [0.2, 0.25) is 0 Å². The van der Waals surface area contributed by atoms with Crippen molar-refractivity contribution >= 4 is 55.0 Å². The fourth-order valence-electron chi connectivity index (χ4n) is 7.47. The van der Waals surface area contributed by atoms with Gasteiger partial charge in [-0.05, 0) is 73.5 Å². The molecule has 43 heavy (non-hydrogen) atoms. The van der Waals surface area contributed by atoms with Crippen molar-refractivity contribution in [1.29, 1.82) is 0 Å². The van der Waals surface area contributed by atoms with Gasteiger partial charge in [-0.1, -0.05) is 109 Å². The summed E-state index contributed by atoms with van der Waals surface area (Å²) in [6.45, 7) is 0.310. The summed E-state index contributed by atoms with van der Waals surface area (Å²) in [5.74, 6) is -1.78. The number of allylic oxidation sites excluding steroid dienone is 2. The van der Waals surface area contributed by atoms with Gasteiger partial charge in [-0.15, -0.1) is 0 Å². The summed E-state index contributed by atoms with van der Waals surface area (Å²) in [7, 11) is 0. The molecule has 4 atom stereocenters. The molecule has 4 unspecified atom stereocenters. The summed E-state index contributed by atoms with van der Waals surface area (Å²) in [5, 5.41) is 8.71. The van der Waals surface area contributed by atoms with Crippen LogP contribution in [0.3, 0.4) is 0 Å². The first kappa shape index (κ1) is 25.7. The van der Waals surface area contributed by atoms with E-state index in [-0.39, 0.29) is 37.0 Å². The maximum absolute atomic E-state index is 13.8. The predicted molar refractivity (Wildman–Crippen MR) is 170 cm³/mol. The van der Waals surface area contributed by atoms with Crippen LogP contribution in [0.1, 0.15) is 17.5 Å². The number of fused-ring (bicyclic) bond motifs is 6. The zero-order valence-corrected chi connectivity index (χ0v) is 23.6.